The first kappa shape index (κ1) is 9.44. The molecule has 1 saturated heterocycles. The Morgan fingerprint density at radius 1 is 1.31 bits per heavy atom. The lowest BCUT2D eigenvalue weighted by Gasteiger charge is -2.26. The standard InChI is InChI=1S/C10H20N2O/c1-11-7-9-6-10(9)8-12-2-4-13-5-3-12/h9-11H,2-8H2,1H3. The van der Waals surface area contributed by atoms with E-state index < -0.39 is 0 Å². The van der Waals surface area contributed by atoms with E-state index in [0.29, 0.717) is 0 Å². The zero-order valence-corrected chi connectivity index (χ0v) is 8.46. The lowest BCUT2D eigenvalue weighted by atomic mass is 10.3. The van der Waals surface area contributed by atoms with Gasteiger partial charge in [0, 0.05) is 19.6 Å². The molecule has 0 amide bonds. The van der Waals surface area contributed by atoms with Crippen molar-refractivity contribution in [2.45, 2.75) is 6.42 Å². The highest BCUT2D eigenvalue weighted by atomic mass is 16.5. The number of nitrogens with one attached hydrogen (secondary N) is 1. The van der Waals surface area contributed by atoms with Gasteiger partial charge in [-0.3, -0.25) is 4.90 Å². The van der Waals surface area contributed by atoms with Gasteiger partial charge in [0.1, 0.15) is 0 Å². The minimum atomic E-state index is 0.934. The molecule has 0 radical (unpaired) electrons. The van der Waals surface area contributed by atoms with Gasteiger partial charge in [-0.25, -0.2) is 0 Å². The maximum Gasteiger partial charge on any atom is 0.0594 e. The van der Waals surface area contributed by atoms with E-state index >= 15 is 0 Å². The Morgan fingerprint density at radius 3 is 2.77 bits per heavy atom. The van der Waals surface area contributed by atoms with Crippen molar-refractivity contribution in [3.05, 3.63) is 0 Å². The van der Waals surface area contributed by atoms with Crippen molar-refractivity contribution in [1.29, 1.82) is 0 Å². The van der Waals surface area contributed by atoms with E-state index in [1.54, 1.807) is 0 Å². The highest BCUT2D eigenvalue weighted by Crippen LogP contribution is 2.38. The van der Waals surface area contributed by atoms with Crippen molar-refractivity contribution >= 4 is 0 Å². The molecule has 3 nitrogen and oxygen atoms in total. The van der Waals surface area contributed by atoms with E-state index in [9.17, 15) is 0 Å². The minimum Gasteiger partial charge on any atom is -0.379 e. The van der Waals surface area contributed by atoms with Gasteiger partial charge >= 0.3 is 0 Å². The normalized spacial score (nSPS) is 34.8. The monoisotopic (exact) mass is 184 g/mol. The van der Waals surface area contributed by atoms with Gasteiger partial charge < -0.3 is 10.1 Å². The summed E-state index contributed by atoms with van der Waals surface area (Å²) in [5.74, 6) is 1.92. The molecule has 1 saturated carbocycles. The molecule has 2 rings (SSSR count). The molecule has 1 aliphatic carbocycles. The molecule has 76 valence electrons. The highest BCUT2D eigenvalue weighted by molar-refractivity contribution is 4.89. The van der Waals surface area contributed by atoms with E-state index in [-0.39, 0.29) is 0 Å². The van der Waals surface area contributed by atoms with Crippen LogP contribution in [0.2, 0.25) is 0 Å². The first-order valence-electron chi connectivity index (χ1n) is 5.35. The van der Waals surface area contributed by atoms with Crippen molar-refractivity contribution < 1.29 is 4.74 Å². The third kappa shape index (κ3) is 2.66. The van der Waals surface area contributed by atoms with Gasteiger partial charge in [-0.05, 0) is 31.8 Å². The van der Waals surface area contributed by atoms with Crippen molar-refractivity contribution in [1.82, 2.24) is 10.2 Å². The topological polar surface area (TPSA) is 24.5 Å². The third-order valence-electron chi connectivity index (χ3n) is 3.13. The van der Waals surface area contributed by atoms with Crippen LogP contribution in [0, 0.1) is 11.8 Å². The number of ether oxygens (including phenoxy) is 1. The van der Waals surface area contributed by atoms with Crippen LogP contribution in [0.15, 0.2) is 0 Å². The Labute approximate surface area is 80.4 Å². The molecule has 1 N–H and O–H groups in total. The van der Waals surface area contributed by atoms with Gasteiger partial charge in [0.2, 0.25) is 0 Å². The van der Waals surface area contributed by atoms with Crippen molar-refractivity contribution in [3.63, 3.8) is 0 Å². The highest BCUT2D eigenvalue weighted by Gasteiger charge is 2.37. The number of morpholine rings is 1. The van der Waals surface area contributed by atoms with Gasteiger partial charge in [-0.2, -0.15) is 0 Å². The summed E-state index contributed by atoms with van der Waals surface area (Å²) in [7, 11) is 2.05. The van der Waals surface area contributed by atoms with Crippen LogP contribution >= 0.6 is 0 Å². The maximum atomic E-state index is 5.32. The number of nitrogens with zero attached hydrogens (tertiary/aromatic N) is 1. The van der Waals surface area contributed by atoms with Crippen molar-refractivity contribution in [2.75, 3.05) is 46.4 Å². The maximum absolute atomic E-state index is 5.32. The molecule has 0 aromatic carbocycles. The zero-order chi connectivity index (χ0) is 9.10. The Morgan fingerprint density at radius 2 is 2.08 bits per heavy atom. The predicted molar refractivity (Wildman–Crippen MR) is 52.8 cm³/mol. The first-order chi connectivity index (χ1) is 6.40. The summed E-state index contributed by atoms with van der Waals surface area (Å²) in [6, 6.07) is 0. The Balaban J connectivity index is 1.62. The van der Waals surface area contributed by atoms with Gasteiger partial charge in [-0.15, -0.1) is 0 Å². The fourth-order valence-electron chi connectivity index (χ4n) is 2.16. The molecule has 2 atom stereocenters. The Kier molecular flexibility index (Phi) is 3.19. The van der Waals surface area contributed by atoms with E-state index in [4.69, 9.17) is 4.74 Å². The fourth-order valence-corrected chi connectivity index (χ4v) is 2.16. The molecule has 2 aliphatic rings. The van der Waals surface area contributed by atoms with Crippen molar-refractivity contribution in [3.8, 4) is 0 Å². The van der Waals surface area contributed by atoms with Crippen LogP contribution < -0.4 is 5.32 Å². The lowest BCUT2D eigenvalue weighted by Crippen LogP contribution is -2.37. The zero-order valence-electron chi connectivity index (χ0n) is 8.46. The molecule has 1 heterocycles. The van der Waals surface area contributed by atoms with Crippen LogP contribution in [-0.4, -0.2) is 51.3 Å². The number of rotatable bonds is 4. The second-order valence-corrected chi connectivity index (χ2v) is 4.23. The number of hydrogen-bond donors (Lipinski definition) is 1. The summed E-state index contributed by atoms with van der Waals surface area (Å²) >= 11 is 0. The smallest absolute Gasteiger partial charge is 0.0594 e. The molecule has 1 aliphatic heterocycles. The van der Waals surface area contributed by atoms with Crippen LogP contribution in [0.4, 0.5) is 0 Å². The molecular formula is C10H20N2O. The molecule has 2 fully saturated rings. The average molecular weight is 184 g/mol. The van der Waals surface area contributed by atoms with Gasteiger partial charge in [-0.1, -0.05) is 0 Å². The van der Waals surface area contributed by atoms with E-state index in [2.05, 4.69) is 10.2 Å². The second-order valence-electron chi connectivity index (χ2n) is 4.23. The quantitative estimate of drug-likeness (QED) is 0.674. The Bertz CT molecular complexity index is 157. The minimum absolute atomic E-state index is 0.934. The molecule has 2 unspecified atom stereocenters. The molecular weight excluding hydrogens is 164 g/mol. The molecule has 0 bridgehead atoms. The second kappa shape index (κ2) is 4.40. The van der Waals surface area contributed by atoms with Crippen LogP contribution in [0.5, 0.6) is 0 Å². The average Bonchev–Trinajstić information content (AvgIpc) is 2.86. The molecule has 3 heteroatoms. The molecule has 0 spiro atoms. The largest absolute Gasteiger partial charge is 0.379 e. The summed E-state index contributed by atoms with van der Waals surface area (Å²) < 4.78 is 5.32. The molecule has 0 aromatic heterocycles. The van der Waals surface area contributed by atoms with Crippen LogP contribution in [0.3, 0.4) is 0 Å². The summed E-state index contributed by atoms with van der Waals surface area (Å²) in [6.45, 7) is 6.66. The van der Waals surface area contributed by atoms with E-state index in [0.717, 1.165) is 38.1 Å². The third-order valence-corrected chi connectivity index (χ3v) is 3.13. The van der Waals surface area contributed by atoms with Gasteiger partial charge in [0.15, 0.2) is 0 Å². The SMILES string of the molecule is CNCC1CC1CN1CCOCC1. The van der Waals surface area contributed by atoms with Crippen LogP contribution in [0.1, 0.15) is 6.42 Å². The number of hydrogen-bond acceptors (Lipinski definition) is 3. The predicted octanol–water partition coefficient (Wildman–Crippen LogP) is 0.174. The van der Waals surface area contributed by atoms with Crippen molar-refractivity contribution in [2.24, 2.45) is 11.8 Å². The molecule has 13 heavy (non-hydrogen) atoms. The summed E-state index contributed by atoms with van der Waals surface area (Å²) in [5.41, 5.74) is 0. The summed E-state index contributed by atoms with van der Waals surface area (Å²) in [4.78, 5) is 2.55. The van der Waals surface area contributed by atoms with E-state index in [1.165, 1.54) is 19.5 Å². The summed E-state index contributed by atoms with van der Waals surface area (Å²) in [6.07, 6.45) is 1.43. The molecule has 0 aromatic rings. The summed E-state index contributed by atoms with van der Waals surface area (Å²) in [5, 5.41) is 3.25. The Hall–Kier alpha value is -0.120. The fraction of sp³-hybridized carbons (Fsp3) is 1.00. The van der Waals surface area contributed by atoms with E-state index in [1.807, 2.05) is 7.05 Å². The van der Waals surface area contributed by atoms with Crippen LogP contribution in [0.25, 0.3) is 0 Å². The first-order valence-corrected chi connectivity index (χ1v) is 5.35. The van der Waals surface area contributed by atoms with Gasteiger partial charge in [0.05, 0.1) is 13.2 Å². The van der Waals surface area contributed by atoms with Gasteiger partial charge in [0.25, 0.3) is 0 Å². The van der Waals surface area contributed by atoms with Crippen LogP contribution in [-0.2, 0) is 4.74 Å². The lowest BCUT2D eigenvalue weighted by molar-refractivity contribution is 0.0351.